The first kappa shape index (κ1) is 13.3. The number of benzene rings is 2. The molecule has 1 atom stereocenters. The number of halogens is 1. The van der Waals surface area contributed by atoms with Crippen LogP contribution in [-0.4, -0.2) is 14.9 Å². The molecular weight excluding hydrogens is 300 g/mol. The van der Waals surface area contributed by atoms with E-state index in [4.69, 9.17) is 11.6 Å². The fraction of sp³-hybridized carbons (Fsp3) is 0.143. The third kappa shape index (κ3) is 2.51. The second-order valence-corrected chi connectivity index (χ2v) is 8.19. The summed E-state index contributed by atoms with van der Waals surface area (Å²) in [4.78, 5) is 1.71. The molecule has 2 N–H and O–H groups in total. The van der Waals surface area contributed by atoms with Crippen molar-refractivity contribution in [1.29, 1.82) is 0 Å². The topological polar surface area (TPSA) is 40.5 Å². The summed E-state index contributed by atoms with van der Waals surface area (Å²) >= 11 is 7.86. The van der Waals surface area contributed by atoms with Gasteiger partial charge in [-0.2, -0.15) is 10.6 Å². The van der Waals surface area contributed by atoms with Gasteiger partial charge in [0.05, 0.1) is 15.9 Å². The fourth-order valence-electron chi connectivity index (χ4n) is 2.26. The Morgan fingerprint density at radius 3 is 2.53 bits per heavy atom. The lowest BCUT2D eigenvalue weighted by Gasteiger charge is -2.27. The third-order valence-electron chi connectivity index (χ3n) is 3.09. The fourth-order valence-corrected chi connectivity index (χ4v) is 6.28. The van der Waals surface area contributed by atoms with Crippen molar-refractivity contribution in [2.45, 2.75) is 15.0 Å². The Morgan fingerprint density at radius 2 is 1.79 bits per heavy atom. The standard InChI is InChI=1S/C14H13ClO2S2/c15-11-7-4-8-13-14(11)12(9-19(13,16)17)18-10-5-2-1-3-6-10/h1-8,12,16-17H,9H2. The van der Waals surface area contributed by atoms with E-state index in [0.29, 0.717) is 15.7 Å². The number of fused-ring (bicyclic) bond motifs is 1. The first-order valence-corrected chi connectivity index (χ1v) is 8.81. The van der Waals surface area contributed by atoms with Crippen molar-refractivity contribution in [3.63, 3.8) is 0 Å². The molecule has 0 spiro atoms. The molecule has 2 aromatic rings. The van der Waals surface area contributed by atoms with Crippen LogP contribution in [0.2, 0.25) is 5.02 Å². The van der Waals surface area contributed by atoms with Gasteiger partial charge in [0.2, 0.25) is 0 Å². The molecule has 0 amide bonds. The minimum absolute atomic E-state index is 0.00361. The van der Waals surface area contributed by atoms with Gasteiger partial charge in [-0.15, -0.1) is 11.8 Å². The maximum atomic E-state index is 10.2. The van der Waals surface area contributed by atoms with Gasteiger partial charge in [-0.1, -0.05) is 35.9 Å². The highest BCUT2D eigenvalue weighted by Gasteiger charge is 2.37. The summed E-state index contributed by atoms with van der Waals surface area (Å²) < 4.78 is 20.4. The minimum Gasteiger partial charge on any atom is -0.295 e. The molecule has 1 aliphatic rings. The van der Waals surface area contributed by atoms with E-state index < -0.39 is 10.6 Å². The zero-order valence-corrected chi connectivity index (χ0v) is 12.4. The second kappa shape index (κ2) is 5.04. The molecule has 0 aliphatic carbocycles. The van der Waals surface area contributed by atoms with Gasteiger partial charge in [0.15, 0.2) is 0 Å². The van der Waals surface area contributed by atoms with Crippen LogP contribution in [0.15, 0.2) is 58.3 Å². The Hall–Kier alpha value is -0.650. The molecule has 5 heteroatoms. The van der Waals surface area contributed by atoms with E-state index in [1.54, 1.807) is 30.0 Å². The van der Waals surface area contributed by atoms with Gasteiger partial charge in [-0.3, -0.25) is 9.11 Å². The van der Waals surface area contributed by atoms with Crippen molar-refractivity contribution in [2.75, 3.05) is 5.75 Å². The number of hydrogen-bond donors (Lipinski definition) is 2. The summed E-state index contributed by atoms with van der Waals surface area (Å²) in [5, 5.41) is 0.611. The average molecular weight is 313 g/mol. The van der Waals surface area contributed by atoms with Crippen LogP contribution in [0.1, 0.15) is 10.8 Å². The predicted octanol–water partition coefficient (Wildman–Crippen LogP) is 5.30. The maximum absolute atomic E-state index is 10.2. The molecule has 1 heterocycles. The highest BCUT2D eigenvalue weighted by atomic mass is 35.5. The molecule has 3 rings (SSSR count). The van der Waals surface area contributed by atoms with Crippen molar-refractivity contribution >= 4 is 34.0 Å². The van der Waals surface area contributed by atoms with E-state index in [0.717, 1.165) is 10.5 Å². The molecule has 1 aliphatic heterocycles. The predicted molar refractivity (Wildman–Crippen MR) is 82.5 cm³/mol. The van der Waals surface area contributed by atoms with Crippen molar-refractivity contribution < 1.29 is 9.11 Å². The summed E-state index contributed by atoms with van der Waals surface area (Å²) in [7, 11) is -2.70. The third-order valence-corrected chi connectivity index (χ3v) is 6.72. The van der Waals surface area contributed by atoms with E-state index in [1.165, 1.54) is 0 Å². The highest BCUT2D eigenvalue weighted by Crippen LogP contribution is 2.64. The van der Waals surface area contributed by atoms with Crippen LogP contribution in [0.4, 0.5) is 0 Å². The van der Waals surface area contributed by atoms with Gasteiger partial charge in [-0.05, 0) is 24.3 Å². The second-order valence-electron chi connectivity index (χ2n) is 4.40. The molecule has 0 radical (unpaired) electrons. The molecule has 0 bridgehead atoms. The van der Waals surface area contributed by atoms with Gasteiger partial charge in [0.1, 0.15) is 0 Å². The van der Waals surface area contributed by atoms with Crippen LogP contribution < -0.4 is 0 Å². The van der Waals surface area contributed by atoms with Gasteiger partial charge in [-0.25, -0.2) is 0 Å². The molecule has 2 nitrogen and oxygen atoms in total. The lowest BCUT2D eigenvalue weighted by Crippen LogP contribution is -1.98. The lowest BCUT2D eigenvalue weighted by molar-refractivity contribution is 0.492. The zero-order chi connectivity index (χ0) is 13.5. The summed E-state index contributed by atoms with van der Waals surface area (Å²) in [6, 6.07) is 15.3. The largest absolute Gasteiger partial charge is 0.295 e. The van der Waals surface area contributed by atoms with Gasteiger partial charge in [0, 0.05) is 15.5 Å². The van der Waals surface area contributed by atoms with Crippen molar-refractivity contribution in [1.82, 2.24) is 0 Å². The number of rotatable bonds is 2. The first-order chi connectivity index (χ1) is 9.08. The quantitative estimate of drug-likeness (QED) is 0.791. The van der Waals surface area contributed by atoms with Gasteiger partial charge >= 0.3 is 0 Å². The first-order valence-electron chi connectivity index (χ1n) is 5.84. The lowest BCUT2D eigenvalue weighted by atomic mass is 10.2. The Kier molecular flexibility index (Phi) is 3.53. The minimum atomic E-state index is -2.70. The summed E-state index contributed by atoms with van der Waals surface area (Å²) in [5.41, 5.74) is 0.873. The molecule has 2 aromatic carbocycles. The van der Waals surface area contributed by atoms with Crippen molar-refractivity contribution in [2.24, 2.45) is 0 Å². The Bertz CT molecular complexity index is 602. The number of thioether (sulfide) groups is 1. The normalized spacial score (nSPS) is 21.9. The smallest absolute Gasteiger partial charge is 0.0643 e. The van der Waals surface area contributed by atoms with Gasteiger partial charge < -0.3 is 0 Å². The monoisotopic (exact) mass is 312 g/mol. The van der Waals surface area contributed by atoms with Crippen LogP contribution in [-0.2, 0) is 0 Å². The summed E-state index contributed by atoms with van der Waals surface area (Å²) in [5.74, 6) is 0.339. The molecule has 100 valence electrons. The van der Waals surface area contributed by atoms with Crippen LogP contribution in [0.5, 0.6) is 0 Å². The van der Waals surface area contributed by atoms with Crippen molar-refractivity contribution in [3.05, 3.63) is 59.1 Å². The van der Waals surface area contributed by atoms with Crippen LogP contribution in [0, 0.1) is 0 Å². The Balaban J connectivity index is 1.98. The average Bonchev–Trinajstić information content (AvgIpc) is 2.63. The van der Waals surface area contributed by atoms with Crippen LogP contribution >= 0.6 is 34.0 Å². The summed E-state index contributed by atoms with van der Waals surface area (Å²) in [6.07, 6.45) is 0. The van der Waals surface area contributed by atoms with E-state index in [1.807, 2.05) is 30.3 Å². The molecule has 0 saturated heterocycles. The SMILES string of the molecule is OS1(O)CC(Sc2ccccc2)c2c(Cl)cccc21. The van der Waals surface area contributed by atoms with E-state index >= 15 is 0 Å². The molecule has 0 aromatic heterocycles. The Labute approximate surface area is 123 Å². The van der Waals surface area contributed by atoms with Crippen LogP contribution in [0.3, 0.4) is 0 Å². The molecule has 19 heavy (non-hydrogen) atoms. The zero-order valence-electron chi connectivity index (χ0n) is 9.99. The van der Waals surface area contributed by atoms with Gasteiger partial charge in [0.25, 0.3) is 0 Å². The van der Waals surface area contributed by atoms with E-state index in [-0.39, 0.29) is 5.25 Å². The molecular formula is C14H13ClO2S2. The van der Waals surface area contributed by atoms with E-state index in [2.05, 4.69) is 0 Å². The van der Waals surface area contributed by atoms with Crippen molar-refractivity contribution in [3.8, 4) is 0 Å². The van der Waals surface area contributed by atoms with Crippen LogP contribution in [0.25, 0.3) is 0 Å². The molecule has 0 fully saturated rings. The highest BCUT2D eigenvalue weighted by molar-refractivity contribution is 8.25. The Morgan fingerprint density at radius 1 is 1.05 bits per heavy atom. The molecule has 1 unspecified atom stereocenters. The number of hydrogen-bond acceptors (Lipinski definition) is 3. The summed E-state index contributed by atoms with van der Waals surface area (Å²) in [6.45, 7) is 0. The van der Waals surface area contributed by atoms with E-state index in [9.17, 15) is 9.11 Å². The molecule has 0 saturated carbocycles. The maximum Gasteiger partial charge on any atom is 0.0643 e.